The summed E-state index contributed by atoms with van der Waals surface area (Å²) < 4.78 is 36.6. The smallest absolute Gasteiger partial charge is 0.303 e. The minimum Gasteiger partial charge on any atom is -0.497 e. The zero-order valence-corrected chi connectivity index (χ0v) is 32.3. The Kier molecular flexibility index (Phi) is 9.18. The largest absolute Gasteiger partial charge is 0.497 e. The third-order valence-corrected chi connectivity index (χ3v) is 13.9. The van der Waals surface area contributed by atoms with Gasteiger partial charge in [-0.1, -0.05) is 55.7 Å². The summed E-state index contributed by atoms with van der Waals surface area (Å²) in [5.74, 6) is 0.652. The molecule has 0 bridgehead atoms. The van der Waals surface area contributed by atoms with E-state index in [-0.39, 0.29) is 29.5 Å². The second-order valence-electron chi connectivity index (χ2n) is 16.1. The first-order chi connectivity index (χ1) is 25.4. The monoisotopic (exact) mass is 737 g/mol. The maximum absolute atomic E-state index is 15.2. The summed E-state index contributed by atoms with van der Waals surface area (Å²) in [7, 11) is 0.485. The van der Waals surface area contributed by atoms with Gasteiger partial charge in [0, 0.05) is 80.3 Å². The highest BCUT2D eigenvalue weighted by Gasteiger charge is 2.64. The number of carbonyl (C=O) groups excluding carboxylic acids is 2. The molecule has 4 aromatic rings. The number of hydrogen-bond donors (Lipinski definition) is 1. The molecule has 11 heteroatoms. The van der Waals surface area contributed by atoms with Crippen LogP contribution in [-0.4, -0.2) is 85.3 Å². The summed E-state index contributed by atoms with van der Waals surface area (Å²) in [5.41, 5.74) is 6.42. The molecule has 8 rings (SSSR count). The van der Waals surface area contributed by atoms with E-state index in [0.29, 0.717) is 25.6 Å². The van der Waals surface area contributed by atoms with Crippen LogP contribution < -0.4 is 9.46 Å². The summed E-state index contributed by atoms with van der Waals surface area (Å²) in [6.45, 7) is 7.11. The molecule has 1 N–H and O–H groups in total. The van der Waals surface area contributed by atoms with E-state index < -0.39 is 21.5 Å². The molecule has 2 saturated carbocycles. The van der Waals surface area contributed by atoms with Crippen molar-refractivity contribution in [3.8, 4) is 17.0 Å². The first-order valence-electron chi connectivity index (χ1n) is 19.1. The van der Waals surface area contributed by atoms with Crippen molar-refractivity contribution in [3.63, 3.8) is 0 Å². The highest BCUT2D eigenvalue weighted by molar-refractivity contribution is 7.87. The van der Waals surface area contributed by atoms with Gasteiger partial charge < -0.3 is 14.2 Å². The Balaban J connectivity index is 1.23. The molecule has 2 unspecified atom stereocenters. The molecule has 4 atom stereocenters. The van der Waals surface area contributed by atoms with Gasteiger partial charge in [-0.15, -0.1) is 0 Å². The van der Waals surface area contributed by atoms with E-state index in [1.54, 1.807) is 13.2 Å². The van der Waals surface area contributed by atoms with Gasteiger partial charge >= 0.3 is 10.2 Å². The molecule has 0 spiro atoms. The SMILES string of the molecule is COc1ccc2c(c1)C1CC1(C(=O)N1C[C@@H](C)N(Cc3ccccc3)[C@@H](C)C1)Cn1c-2c(C2CCCCC2)c2ccc(C(=O)NS(=O)(=O)N(C)C)cc21. The Morgan fingerprint density at radius 1 is 0.943 bits per heavy atom. The lowest BCUT2D eigenvalue weighted by molar-refractivity contribution is -0.142. The Hall–Kier alpha value is -4.19. The number of carbonyl (C=O) groups is 2. The van der Waals surface area contributed by atoms with E-state index in [4.69, 9.17) is 4.74 Å². The van der Waals surface area contributed by atoms with Crippen molar-refractivity contribution in [1.82, 2.24) is 23.4 Å². The fourth-order valence-corrected chi connectivity index (χ4v) is 10.2. The van der Waals surface area contributed by atoms with Crippen molar-refractivity contribution in [2.45, 2.75) is 89.4 Å². The van der Waals surface area contributed by atoms with E-state index in [1.807, 2.05) is 24.3 Å². The predicted octanol–water partition coefficient (Wildman–Crippen LogP) is 6.51. The molecule has 2 aliphatic heterocycles. The van der Waals surface area contributed by atoms with Gasteiger partial charge in [-0.05, 0) is 86.1 Å². The molecule has 0 radical (unpaired) electrons. The standard InChI is InChI=1S/C42H51N5O5S/c1-27-23-45(24-28(2)46(27)25-29-12-8-6-9-13-29)41(49)42-22-36(42)35-21-32(52-5)17-19-33(35)39-38(30-14-10-7-11-15-30)34-18-16-31(20-37(34)47(39)26-42)40(48)43-53(50,51)44(3)4/h6,8-9,12-13,16-21,27-28,30,36H,7,10-11,14-15,22-26H2,1-5H3,(H,43,48)/t27-,28+,36?,42?. The van der Waals surface area contributed by atoms with Crippen LogP contribution in [0.1, 0.15) is 91.3 Å². The molecule has 1 saturated heterocycles. The minimum absolute atomic E-state index is 0.0268. The molecule has 10 nitrogen and oxygen atoms in total. The minimum atomic E-state index is -3.99. The van der Waals surface area contributed by atoms with E-state index in [1.165, 1.54) is 31.6 Å². The van der Waals surface area contributed by atoms with Crippen LogP contribution in [0, 0.1) is 5.41 Å². The van der Waals surface area contributed by atoms with Crippen LogP contribution in [0.2, 0.25) is 0 Å². The van der Waals surface area contributed by atoms with Crippen molar-refractivity contribution in [2.75, 3.05) is 34.3 Å². The van der Waals surface area contributed by atoms with Gasteiger partial charge in [0.25, 0.3) is 5.91 Å². The number of aromatic nitrogens is 1. The van der Waals surface area contributed by atoms with Crippen molar-refractivity contribution >= 4 is 32.9 Å². The summed E-state index contributed by atoms with van der Waals surface area (Å²) >= 11 is 0. The number of benzene rings is 3. The number of piperazine rings is 1. The van der Waals surface area contributed by atoms with E-state index in [9.17, 15) is 13.2 Å². The molecular weight excluding hydrogens is 687 g/mol. The Labute approximate surface area is 313 Å². The van der Waals surface area contributed by atoms with Gasteiger partial charge in [0.05, 0.1) is 18.2 Å². The fourth-order valence-electron chi connectivity index (χ4n) is 9.63. The second kappa shape index (κ2) is 13.6. The average Bonchev–Trinajstić information content (AvgIpc) is 3.82. The lowest BCUT2D eigenvalue weighted by Gasteiger charge is -2.45. The molecule has 3 heterocycles. The van der Waals surface area contributed by atoms with Crippen LogP contribution in [0.15, 0.2) is 66.7 Å². The van der Waals surface area contributed by atoms with Crippen molar-refractivity contribution < 1.29 is 22.7 Å². The number of nitrogens with one attached hydrogen (secondary N) is 1. The molecular formula is C42H51N5O5S. The van der Waals surface area contributed by atoms with E-state index in [2.05, 4.69) is 69.3 Å². The molecule has 2 aliphatic carbocycles. The van der Waals surface area contributed by atoms with Gasteiger partial charge in [0.2, 0.25) is 5.91 Å². The van der Waals surface area contributed by atoms with Gasteiger partial charge in [-0.3, -0.25) is 14.5 Å². The maximum atomic E-state index is 15.2. The Bertz CT molecular complexity index is 2160. The average molecular weight is 738 g/mol. The molecule has 280 valence electrons. The van der Waals surface area contributed by atoms with Crippen LogP contribution in [-0.2, 0) is 28.1 Å². The van der Waals surface area contributed by atoms with Crippen LogP contribution in [0.4, 0.5) is 0 Å². The number of nitrogens with zero attached hydrogens (tertiary/aromatic N) is 4. The topological polar surface area (TPSA) is 104 Å². The first-order valence-corrected chi connectivity index (χ1v) is 20.5. The molecule has 53 heavy (non-hydrogen) atoms. The number of fused-ring (bicyclic) bond motifs is 7. The van der Waals surface area contributed by atoms with E-state index in [0.717, 1.165) is 76.4 Å². The maximum Gasteiger partial charge on any atom is 0.303 e. The van der Waals surface area contributed by atoms with Crippen LogP contribution in [0.25, 0.3) is 22.2 Å². The van der Waals surface area contributed by atoms with Gasteiger partial charge in [0.15, 0.2) is 0 Å². The zero-order chi connectivity index (χ0) is 37.2. The highest BCUT2D eigenvalue weighted by Crippen LogP contribution is 2.66. The van der Waals surface area contributed by atoms with Crippen LogP contribution in [0.3, 0.4) is 0 Å². The lowest BCUT2D eigenvalue weighted by atomic mass is 9.81. The molecule has 4 aliphatic rings. The normalized spacial score (nSPS) is 24.6. The highest BCUT2D eigenvalue weighted by atomic mass is 32.2. The summed E-state index contributed by atoms with van der Waals surface area (Å²) in [6, 6.07) is 22.8. The fraction of sp³-hybridized carbons (Fsp3) is 0.476. The summed E-state index contributed by atoms with van der Waals surface area (Å²) in [5, 5.41) is 1.07. The van der Waals surface area contributed by atoms with Crippen LogP contribution in [0.5, 0.6) is 5.75 Å². The zero-order valence-electron chi connectivity index (χ0n) is 31.5. The predicted molar refractivity (Wildman–Crippen MR) is 207 cm³/mol. The molecule has 3 aromatic carbocycles. The first kappa shape index (κ1) is 35.8. The summed E-state index contributed by atoms with van der Waals surface area (Å²) in [4.78, 5) is 33.3. The Morgan fingerprint density at radius 2 is 1.66 bits per heavy atom. The number of rotatable bonds is 8. The third kappa shape index (κ3) is 6.24. The quantitative estimate of drug-likeness (QED) is 0.221. The van der Waals surface area contributed by atoms with Crippen molar-refractivity contribution in [3.05, 3.63) is 89.0 Å². The van der Waals surface area contributed by atoms with Gasteiger partial charge in [-0.25, -0.2) is 4.72 Å². The number of hydrogen-bond acceptors (Lipinski definition) is 6. The summed E-state index contributed by atoms with van der Waals surface area (Å²) in [6.07, 6.45) is 6.44. The third-order valence-electron chi connectivity index (χ3n) is 12.5. The second-order valence-corrected chi connectivity index (χ2v) is 18.0. The molecule has 2 amide bonds. The molecule has 3 fully saturated rings. The van der Waals surface area contributed by atoms with Gasteiger partial charge in [0.1, 0.15) is 5.75 Å². The van der Waals surface area contributed by atoms with Crippen LogP contribution >= 0.6 is 0 Å². The Morgan fingerprint density at radius 3 is 2.34 bits per heavy atom. The van der Waals surface area contributed by atoms with Gasteiger partial charge in [-0.2, -0.15) is 12.7 Å². The van der Waals surface area contributed by atoms with Crippen molar-refractivity contribution in [1.29, 1.82) is 0 Å². The van der Waals surface area contributed by atoms with Crippen molar-refractivity contribution in [2.24, 2.45) is 5.41 Å². The number of methoxy groups -OCH3 is 1. The number of ether oxygens (including phenoxy) is 1. The molecule has 1 aromatic heterocycles. The van der Waals surface area contributed by atoms with E-state index >= 15 is 4.79 Å². The lowest BCUT2D eigenvalue weighted by Crippen LogP contribution is -2.59. The number of amides is 2.